The van der Waals surface area contributed by atoms with E-state index in [2.05, 4.69) is 33.0 Å². The summed E-state index contributed by atoms with van der Waals surface area (Å²) >= 11 is 0. The van der Waals surface area contributed by atoms with E-state index in [0.29, 0.717) is 5.41 Å². The lowest BCUT2D eigenvalue weighted by atomic mass is 9.79. The lowest BCUT2D eigenvalue weighted by Gasteiger charge is -2.40. The zero-order valence-corrected chi connectivity index (χ0v) is 13.7. The lowest BCUT2D eigenvalue weighted by Crippen LogP contribution is -2.44. The number of rotatable bonds is 4. The van der Waals surface area contributed by atoms with Crippen molar-refractivity contribution in [3.8, 4) is 0 Å². The SMILES string of the molecule is c1ccc(CN2CCCC3(CCN(Cc4ccoc4)C3)C2)nc1. The molecule has 1 spiro atoms. The first-order chi connectivity index (χ1) is 11.3. The second-order valence-corrected chi connectivity index (χ2v) is 7.23. The fraction of sp³-hybridized carbons (Fsp3) is 0.526. The molecule has 4 rings (SSSR count). The zero-order chi connectivity index (χ0) is 15.5. The maximum absolute atomic E-state index is 5.20. The van der Waals surface area contributed by atoms with Gasteiger partial charge in [0.05, 0.1) is 18.2 Å². The predicted molar refractivity (Wildman–Crippen MR) is 89.8 cm³/mol. The molecule has 0 amide bonds. The summed E-state index contributed by atoms with van der Waals surface area (Å²) in [6.45, 7) is 6.87. The number of hydrogen-bond acceptors (Lipinski definition) is 4. The molecule has 4 heterocycles. The van der Waals surface area contributed by atoms with Gasteiger partial charge in [-0.1, -0.05) is 6.07 Å². The van der Waals surface area contributed by atoms with Crippen LogP contribution in [-0.2, 0) is 13.1 Å². The molecule has 0 bridgehead atoms. The third kappa shape index (κ3) is 3.48. The minimum atomic E-state index is 0.483. The number of furan rings is 1. The highest BCUT2D eigenvalue weighted by molar-refractivity contribution is 5.07. The van der Waals surface area contributed by atoms with Crippen LogP contribution in [0.2, 0.25) is 0 Å². The van der Waals surface area contributed by atoms with Crippen LogP contribution in [0.3, 0.4) is 0 Å². The number of pyridine rings is 1. The molecule has 2 saturated heterocycles. The molecule has 1 atom stereocenters. The minimum Gasteiger partial charge on any atom is -0.472 e. The van der Waals surface area contributed by atoms with E-state index in [1.54, 1.807) is 6.26 Å². The number of aromatic nitrogens is 1. The van der Waals surface area contributed by atoms with E-state index in [1.165, 1.54) is 56.7 Å². The maximum Gasteiger partial charge on any atom is 0.0947 e. The highest BCUT2D eigenvalue weighted by atomic mass is 16.3. The van der Waals surface area contributed by atoms with E-state index in [-0.39, 0.29) is 0 Å². The lowest BCUT2D eigenvalue weighted by molar-refractivity contribution is 0.0857. The molecule has 2 fully saturated rings. The third-order valence-corrected chi connectivity index (χ3v) is 5.36. The van der Waals surface area contributed by atoms with Crippen LogP contribution in [0.5, 0.6) is 0 Å². The first-order valence-electron chi connectivity index (χ1n) is 8.67. The molecule has 2 aromatic heterocycles. The molecule has 2 aliphatic rings. The number of hydrogen-bond donors (Lipinski definition) is 0. The van der Waals surface area contributed by atoms with Crippen molar-refractivity contribution in [1.82, 2.24) is 14.8 Å². The second-order valence-electron chi connectivity index (χ2n) is 7.23. The van der Waals surface area contributed by atoms with Crippen LogP contribution in [0.4, 0.5) is 0 Å². The maximum atomic E-state index is 5.20. The van der Waals surface area contributed by atoms with Gasteiger partial charge in [0.1, 0.15) is 0 Å². The van der Waals surface area contributed by atoms with Gasteiger partial charge in [0.25, 0.3) is 0 Å². The fourth-order valence-corrected chi connectivity index (χ4v) is 4.30. The highest BCUT2D eigenvalue weighted by Crippen LogP contribution is 2.39. The molecule has 4 heteroatoms. The summed E-state index contributed by atoms with van der Waals surface area (Å²) in [6.07, 6.45) is 9.55. The Bertz CT molecular complexity index is 613. The Morgan fingerprint density at radius 3 is 2.74 bits per heavy atom. The van der Waals surface area contributed by atoms with E-state index >= 15 is 0 Å². The van der Waals surface area contributed by atoms with E-state index in [0.717, 1.165) is 13.1 Å². The molecule has 0 aromatic carbocycles. The van der Waals surface area contributed by atoms with Crippen molar-refractivity contribution in [3.63, 3.8) is 0 Å². The highest BCUT2D eigenvalue weighted by Gasteiger charge is 2.41. The summed E-state index contributed by atoms with van der Waals surface area (Å²) in [7, 11) is 0. The Hall–Kier alpha value is -1.65. The molecular weight excluding hydrogens is 286 g/mol. The molecule has 0 saturated carbocycles. The Morgan fingerprint density at radius 1 is 1.04 bits per heavy atom. The van der Waals surface area contributed by atoms with Gasteiger partial charge in [-0.25, -0.2) is 0 Å². The van der Waals surface area contributed by atoms with Crippen molar-refractivity contribution in [1.29, 1.82) is 0 Å². The second kappa shape index (κ2) is 6.46. The van der Waals surface area contributed by atoms with Crippen LogP contribution in [0, 0.1) is 5.41 Å². The fourth-order valence-electron chi connectivity index (χ4n) is 4.30. The number of nitrogens with zero attached hydrogens (tertiary/aromatic N) is 3. The van der Waals surface area contributed by atoms with Crippen LogP contribution >= 0.6 is 0 Å². The van der Waals surface area contributed by atoms with Gasteiger partial charge in [-0.15, -0.1) is 0 Å². The summed E-state index contributed by atoms with van der Waals surface area (Å²) in [5, 5.41) is 0. The Labute approximate surface area is 138 Å². The van der Waals surface area contributed by atoms with E-state index in [4.69, 9.17) is 4.42 Å². The van der Waals surface area contributed by atoms with Crippen molar-refractivity contribution in [2.75, 3.05) is 26.2 Å². The van der Waals surface area contributed by atoms with E-state index in [1.807, 2.05) is 18.5 Å². The van der Waals surface area contributed by atoms with Gasteiger partial charge in [-0.05, 0) is 56.0 Å². The molecule has 0 N–H and O–H groups in total. The predicted octanol–water partition coefficient (Wildman–Crippen LogP) is 3.16. The third-order valence-electron chi connectivity index (χ3n) is 5.36. The molecule has 1 unspecified atom stereocenters. The van der Waals surface area contributed by atoms with Gasteiger partial charge in [0.15, 0.2) is 0 Å². The van der Waals surface area contributed by atoms with Crippen molar-refractivity contribution in [2.24, 2.45) is 5.41 Å². The van der Waals surface area contributed by atoms with Crippen LogP contribution in [0.1, 0.15) is 30.5 Å². The first-order valence-corrected chi connectivity index (χ1v) is 8.67. The molecule has 2 aliphatic heterocycles. The molecule has 0 aliphatic carbocycles. The Kier molecular flexibility index (Phi) is 4.19. The van der Waals surface area contributed by atoms with E-state index < -0.39 is 0 Å². The summed E-state index contributed by atoms with van der Waals surface area (Å²) in [4.78, 5) is 9.69. The summed E-state index contributed by atoms with van der Waals surface area (Å²) in [6, 6.07) is 8.30. The van der Waals surface area contributed by atoms with Crippen molar-refractivity contribution in [3.05, 3.63) is 54.2 Å². The van der Waals surface area contributed by atoms with Gasteiger partial charge in [-0.2, -0.15) is 0 Å². The Balaban J connectivity index is 1.37. The van der Waals surface area contributed by atoms with Gasteiger partial charge < -0.3 is 4.42 Å². The average Bonchev–Trinajstić information content (AvgIpc) is 3.20. The Morgan fingerprint density at radius 2 is 1.96 bits per heavy atom. The van der Waals surface area contributed by atoms with Crippen molar-refractivity contribution < 1.29 is 4.42 Å². The van der Waals surface area contributed by atoms with Gasteiger partial charge in [0, 0.05) is 37.9 Å². The van der Waals surface area contributed by atoms with Crippen molar-refractivity contribution in [2.45, 2.75) is 32.4 Å². The van der Waals surface area contributed by atoms with Crippen molar-refractivity contribution >= 4 is 0 Å². The smallest absolute Gasteiger partial charge is 0.0947 e. The van der Waals surface area contributed by atoms with Crippen LogP contribution in [-0.4, -0.2) is 41.0 Å². The molecule has 0 radical (unpaired) electrons. The summed E-state index contributed by atoms with van der Waals surface area (Å²) in [5.41, 5.74) is 2.97. The summed E-state index contributed by atoms with van der Waals surface area (Å²) in [5.74, 6) is 0. The largest absolute Gasteiger partial charge is 0.472 e. The minimum absolute atomic E-state index is 0.483. The zero-order valence-electron chi connectivity index (χ0n) is 13.7. The number of piperidine rings is 1. The molecule has 122 valence electrons. The normalized spacial score (nSPS) is 26.1. The standard InChI is InChI=1S/C19H25N3O/c1-2-8-20-18(4-1)13-21-9-3-6-19(15-21)7-10-22(16-19)12-17-5-11-23-14-17/h1-2,4-5,8,11,14H,3,6-7,9-10,12-13,15-16H2. The molecule has 4 nitrogen and oxygen atoms in total. The first kappa shape index (κ1) is 14.9. The molecule has 23 heavy (non-hydrogen) atoms. The van der Waals surface area contributed by atoms with Gasteiger partial charge in [-0.3, -0.25) is 14.8 Å². The van der Waals surface area contributed by atoms with E-state index in [9.17, 15) is 0 Å². The van der Waals surface area contributed by atoms with Gasteiger partial charge in [0.2, 0.25) is 0 Å². The molecular formula is C19H25N3O. The number of likely N-dealkylation sites (tertiary alicyclic amines) is 2. The topological polar surface area (TPSA) is 32.5 Å². The monoisotopic (exact) mass is 311 g/mol. The quantitative estimate of drug-likeness (QED) is 0.868. The van der Waals surface area contributed by atoms with Crippen LogP contribution < -0.4 is 0 Å². The molecule has 2 aromatic rings. The average molecular weight is 311 g/mol. The van der Waals surface area contributed by atoms with Crippen LogP contribution in [0.15, 0.2) is 47.4 Å². The summed E-state index contributed by atoms with van der Waals surface area (Å²) < 4.78 is 5.20. The van der Waals surface area contributed by atoms with Crippen LogP contribution in [0.25, 0.3) is 0 Å². The van der Waals surface area contributed by atoms with Gasteiger partial charge >= 0.3 is 0 Å².